The minimum Gasteiger partial charge on any atom is -0.335 e. The quantitative estimate of drug-likeness (QED) is 0.453. The van der Waals surface area contributed by atoms with Gasteiger partial charge in [0.1, 0.15) is 6.61 Å². The van der Waals surface area contributed by atoms with Crippen molar-refractivity contribution >= 4 is 0 Å². The summed E-state index contributed by atoms with van der Waals surface area (Å²) in [5, 5.41) is 0. The first-order chi connectivity index (χ1) is 10.7. The fraction of sp³-hybridized carbons (Fsp3) is 1.00. The van der Waals surface area contributed by atoms with Crippen LogP contribution in [-0.4, -0.2) is 50.0 Å². The molecule has 0 bridgehead atoms. The van der Waals surface area contributed by atoms with Gasteiger partial charge in [-0.25, -0.2) is 4.39 Å². The first-order valence-electron chi connectivity index (χ1n) is 5.26. The number of hydrogen-bond acceptors (Lipinski definition) is 3. The van der Waals surface area contributed by atoms with Crippen LogP contribution in [0.25, 0.3) is 0 Å². The van der Waals surface area contributed by atoms with Gasteiger partial charge >= 0.3 is 30.7 Å². The molecule has 0 saturated carbocycles. The largest absolute Gasteiger partial charge is 0.483 e. The summed E-state index contributed by atoms with van der Waals surface area (Å²) in [6, 6.07) is 0. The van der Waals surface area contributed by atoms with Gasteiger partial charge in [-0.05, 0) is 0 Å². The Hall–Kier alpha value is -1.10. The molecule has 0 aliphatic heterocycles. The second-order valence-electron chi connectivity index (χ2n) is 3.93. The summed E-state index contributed by atoms with van der Waals surface area (Å²) in [6.45, 7) is -2.84. The summed E-state index contributed by atoms with van der Waals surface area (Å²) < 4.78 is 177. The number of alkyl halides is 14. The van der Waals surface area contributed by atoms with E-state index in [2.05, 4.69) is 9.47 Å². The molecule has 0 aromatic heterocycles. The lowest BCUT2D eigenvalue weighted by Crippen LogP contribution is -2.50. The van der Waals surface area contributed by atoms with Crippen molar-refractivity contribution in [3.8, 4) is 0 Å². The molecule has 0 aromatic rings. The molecular formula is C8H4F14O3. The van der Waals surface area contributed by atoms with Gasteiger partial charge in [0, 0.05) is 0 Å². The van der Waals surface area contributed by atoms with Crippen LogP contribution < -0.4 is 0 Å². The van der Waals surface area contributed by atoms with Crippen molar-refractivity contribution in [2.75, 3.05) is 6.61 Å². The van der Waals surface area contributed by atoms with E-state index < -0.39 is 50.0 Å². The second-order valence-corrected chi connectivity index (χ2v) is 3.93. The Balaban J connectivity index is 5.20. The minimum absolute atomic E-state index is 1.98. The monoisotopic (exact) mass is 414 g/mol. The van der Waals surface area contributed by atoms with Gasteiger partial charge in [-0.1, -0.05) is 0 Å². The molecule has 0 rings (SSSR count). The highest BCUT2D eigenvalue weighted by atomic mass is 19.4. The topological polar surface area (TPSA) is 27.7 Å². The molecule has 0 spiro atoms. The lowest BCUT2D eigenvalue weighted by atomic mass is 10.5. The van der Waals surface area contributed by atoms with Gasteiger partial charge in [-0.3, -0.25) is 9.47 Å². The summed E-state index contributed by atoms with van der Waals surface area (Å²) in [7, 11) is 0. The van der Waals surface area contributed by atoms with Crippen LogP contribution in [0, 0.1) is 0 Å². The van der Waals surface area contributed by atoms with Gasteiger partial charge in [0.15, 0.2) is 0 Å². The minimum atomic E-state index is -6.73. The van der Waals surface area contributed by atoms with Gasteiger partial charge in [0.25, 0.3) is 12.6 Å². The zero-order chi connectivity index (χ0) is 20.5. The van der Waals surface area contributed by atoms with E-state index in [0.717, 1.165) is 0 Å². The fourth-order valence-electron chi connectivity index (χ4n) is 0.827. The summed E-state index contributed by atoms with van der Waals surface area (Å²) in [4.78, 5) is 0. The van der Waals surface area contributed by atoms with Crippen molar-refractivity contribution in [3.63, 3.8) is 0 Å². The predicted octanol–water partition coefficient (Wildman–Crippen LogP) is 4.53. The zero-order valence-electron chi connectivity index (χ0n) is 10.9. The molecule has 0 heterocycles. The van der Waals surface area contributed by atoms with Crippen molar-refractivity contribution in [2.24, 2.45) is 0 Å². The molecule has 0 fully saturated rings. The molecule has 0 saturated heterocycles. The van der Waals surface area contributed by atoms with Crippen LogP contribution in [-0.2, 0) is 14.2 Å². The third kappa shape index (κ3) is 7.76. The Morgan fingerprint density at radius 1 is 0.680 bits per heavy atom. The molecule has 0 aliphatic carbocycles. The highest BCUT2D eigenvalue weighted by Crippen LogP contribution is 2.41. The smallest absolute Gasteiger partial charge is 0.335 e. The van der Waals surface area contributed by atoms with Crippen molar-refractivity contribution in [1.82, 2.24) is 0 Å². The second kappa shape index (κ2) is 7.26. The molecule has 25 heavy (non-hydrogen) atoms. The molecule has 2 unspecified atom stereocenters. The van der Waals surface area contributed by atoms with Crippen molar-refractivity contribution < 1.29 is 75.7 Å². The Labute approximate surface area is 127 Å². The molecule has 2 atom stereocenters. The maximum atomic E-state index is 12.9. The highest BCUT2D eigenvalue weighted by molar-refractivity contribution is 4.70. The number of halogens is 14. The molecule has 0 N–H and O–H groups in total. The Morgan fingerprint density at radius 3 is 1.44 bits per heavy atom. The van der Waals surface area contributed by atoms with Crippen LogP contribution in [0.2, 0.25) is 0 Å². The van der Waals surface area contributed by atoms with Crippen LogP contribution >= 0.6 is 0 Å². The van der Waals surface area contributed by atoms with E-state index in [0.29, 0.717) is 0 Å². The molecule has 0 aromatic carbocycles. The maximum Gasteiger partial charge on any atom is 0.483 e. The van der Waals surface area contributed by atoms with Gasteiger partial charge < -0.3 is 4.74 Å². The van der Waals surface area contributed by atoms with Gasteiger partial charge in [0.2, 0.25) is 0 Å². The first kappa shape index (κ1) is 23.9. The SMILES string of the molecule is FC(OC(F)(F)C(F)(F)F)C(F)(F)OC(OCC(F)(F)F)C(F)(F)F. The molecule has 0 amide bonds. The first-order valence-corrected chi connectivity index (χ1v) is 5.26. The normalized spacial score (nSPS) is 17.5. The number of ether oxygens (including phenoxy) is 3. The third-order valence-electron chi connectivity index (χ3n) is 1.78. The van der Waals surface area contributed by atoms with Gasteiger partial charge in [-0.2, -0.15) is 57.1 Å². The van der Waals surface area contributed by atoms with Crippen LogP contribution in [0.15, 0.2) is 0 Å². The van der Waals surface area contributed by atoms with E-state index >= 15 is 0 Å². The Morgan fingerprint density at radius 2 is 1.12 bits per heavy atom. The van der Waals surface area contributed by atoms with Crippen LogP contribution in [0.1, 0.15) is 0 Å². The molecule has 0 aliphatic rings. The van der Waals surface area contributed by atoms with Gasteiger partial charge in [0.05, 0.1) is 0 Å². The molecule has 152 valence electrons. The average Bonchev–Trinajstić information content (AvgIpc) is 2.29. The van der Waals surface area contributed by atoms with E-state index in [1.165, 1.54) is 0 Å². The summed E-state index contributed by atoms with van der Waals surface area (Å²) >= 11 is 0. The lowest BCUT2D eigenvalue weighted by Gasteiger charge is -2.29. The zero-order valence-corrected chi connectivity index (χ0v) is 10.9. The van der Waals surface area contributed by atoms with E-state index in [9.17, 15) is 61.5 Å². The molecular weight excluding hydrogens is 410 g/mol. The number of rotatable bonds is 7. The van der Waals surface area contributed by atoms with Gasteiger partial charge in [-0.15, -0.1) is 0 Å². The van der Waals surface area contributed by atoms with Crippen molar-refractivity contribution in [3.05, 3.63) is 0 Å². The third-order valence-corrected chi connectivity index (χ3v) is 1.78. The maximum absolute atomic E-state index is 12.9. The lowest BCUT2D eigenvalue weighted by molar-refractivity contribution is -0.473. The van der Waals surface area contributed by atoms with Crippen molar-refractivity contribution in [2.45, 2.75) is 43.4 Å². The Bertz CT molecular complexity index is 423. The summed E-state index contributed by atoms with van der Waals surface area (Å²) in [5.74, 6) is 0. The fourth-order valence-corrected chi connectivity index (χ4v) is 0.827. The van der Waals surface area contributed by atoms with Crippen molar-refractivity contribution in [1.29, 1.82) is 0 Å². The molecule has 0 radical (unpaired) electrons. The Kier molecular flexibility index (Phi) is 6.94. The standard InChI is InChI=1S/C8H4F14O3/c9-2(24-8(21,22)7(18,19)20)6(16,17)25-3(5(13,14)15)23-1-4(10,11)12/h2-3H,1H2. The number of hydrogen-bond donors (Lipinski definition) is 0. The van der Waals surface area contributed by atoms with Crippen LogP contribution in [0.5, 0.6) is 0 Å². The summed E-state index contributed by atoms with van der Waals surface area (Å²) in [6.07, 6.45) is -40.8. The average molecular weight is 414 g/mol. The van der Waals surface area contributed by atoms with E-state index in [4.69, 9.17) is 0 Å². The predicted molar refractivity (Wildman–Crippen MR) is 44.9 cm³/mol. The summed E-state index contributed by atoms with van der Waals surface area (Å²) in [5.41, 5.74) is 0. The van der Waals surface area contributed by atoms with E-state index in [1.807, 2.05) is 4.74 Å². The van der Waals surface area contributed by atoms with Crippen LogP contribution in [0.4, 0.5) is 61.5 Å². The van der Waals surface area contributed by atoms with E-state index in [1.54, 1.807) is 0 Å². The van der Waals surface area contributed by atoms with E-state index in [-0.39, 0.29) is 0 Å². The molecule has 17 heteroatoms. The van der Waals surface area contributed by atoms with Crippen LogP contribution in [0.3, 0.4) is 0 Å². The molecule has 3 nitrogen and oxygen atoms in total. The highest BCUT2D eigenvalue weighted by Gasteiger charge is 2.64.